The largest absolute Gasteiger partial charge is 0.478 e. The molecule has 0 saturated carbocycles. The molecule has 0 amide bonds. The molecule has 0 aliphatic heterocycles. The lowest BCUT2D eigenvalue weighted by atomic mass is 10.1. The fourth-order valence-electron chi connectivity index (χ4n) is 0.467. The Morgan fingerprint density at radius 1 is 0.952 bits per heavy atom. The number of aliphatic hydroxyl groups excluding tert-OH is 6. The van der Waals surface area contributed by atoms with Crippen molar-refractivity contribution in [2.45, 2.75) is 52.1 Å². The van der Waals surface area contributed by atoms with Gasteiger partial charge in [0.25, 0.3) is 0 Å². The quantitative estimate of drug-likeness (QED) is 0.301. The van der Waals surface area contributed by atoms with Crippen molar-refractivity contribution in [1.29, 1.82) is 0 Å². The fraction of sp³-hybridized carbons (Fsp3) is 0.769. The lowest BCUT2D eigenvalue weighted by molar-refractivity contribution is -0.132. The topological polar surface area (TPSA) is 159 Å². The summed E-state index contributed by atoms with van der Waals surface area (Å²) in [5.41, 5.74) is 0.0263. The molecule has 0 aliphatic carbocycles. The molecule has 0 fully saturated rings. The predicted molar refractivity (Wildman–Crippen MR) is 76.6 cm³/mol. The molecule has 0 heterocycles. The van der Waals surface area contributed by atoms with Gasteiger partial charge in [0.1, 0.15) is 0 Å². The molecule has 7 N–H and O–H groups in total. The zero-order chi connectivity index (χ0) is 17.6. The van der Waals surface area contributed by atoms with Gasteiger partial charge in [0.2, 0.25) is 0 Å². The van der Waals surface area contributed by atoms with Crippen molar-refractivity contribution in [2.24, 2.45) is 0 Å². The first-order valence-corrected chi connectivity index (χ1v) is 6.35. The van der Waals surface area contributed by atoms with Crippen LogP contribution in [0, 0.1) is 0 Å². The van der Waals surface area contributed by atoms with E-state index in [0.717, 1.165) is 6.08 Å². The van der Waals surface area contributed by atoms with Gasteiger partial charge >= 0.3 is 5.97 Å². The van der Waals surface area contributed by atoms with E-state index in [4.69, 9.17) is 35.7 Å². The van der Waals surface area contributed by atoms with Crippen LogP contribution in [0.15, 0.2) is 11.6 Å². The maximum atomic E-state index is 10.2. The number of aliphatic carboxylic acids is 1. The van der Waals surface area contributed by atoms with Crippen LogP contribution in [0.3, 0.4) is 0 Å². The molecule has 0 spiro atoms. The highest BCUT2D eigenvalue weighted by atomic mass is 16.4. The molecule has 4 atom stereocenters. The SMILES string of the molecule is CC(=CC(O)C(C)O)C(=O)O.CC(O)CO.CC(O)CO. The molecule has 8 heteroatoms. The molecule has 21 heavy (non-hydrogen) atoms. The molecule has 128 valence electrons. The number of carboxylic acids is 1. The van der Waals surface area contributed by atoms with Crippen LogP contribution in [0.1, 0.15) is 27.7 Å². The highest BCUT2D eigenvalue weighted by Crippen LogP contribution is 1.99. The molecule has 8 nitrogen and oxygen atoms in total. The van der Waals surface area contributed by atoms with Gasteiger partial charge < -0.3 is 35.7 Å². The standard InChI is InChI=1S/C7H12O4.2C3H8O2/c1-4(7(10)11)3-6(9)5(2)8;2*1-3(5)2-4/h3,5-6,8-9H,1-2H3,(H,10,11);2*3-5H,2H2,1H3. The summed E-state index contributed by atoms with van der Waals surface area (Å²) in [6.07, 6.45) is -2.06. The molecular weight excluding hydrogens is 284 g/mol. The molecule has 0 aromatic heterocycles. The lowest BCUT2D eigenvalue weighted by Gasteiger charge is -2.08. The van der Waals surface area contributed by atoms with E-state index >= 15 is 0 Å². The van der Waals surface area contributed by atoms with Gasteiger partial charge in [-0.3, -0.25) is 0 Å². The van der Waals surface area contributed by atoms with E-state index in [1.54, 1.807) is 0 Å². The van der Waals surface area contributed by atoms with Gasteiger partial charge in [0.05, 0.1) is 37.6 Å². The predicted octanol–water partition coefficient (Wildman–Crippen LogP) is -1.52. The van der Waals surface area contributed by atoms with Crippen LogP contribution in [0.25, 0.3) is 0 Å². The van der Waals surface area contributed by atoms with Gasteiger partial charge in [0.15, 0.2) is 0 Å². The number of hydrogen-bond donors (Lipinski definition) is 7. The second-order valence-electron chi connectivity index (χ2n) is 4.45. The monoisotopic (exact) mass is 312 g/mol. The molecule has 0 radical (unpaired) electrons. The third-order valence-electron chi connectivity index (χ3n) is 1.78. The van der Waals surface area contributed by atoms with Gasteiger partial charge in [-0.05, 0) is 33.8 Å². The highest BCUT2D eigenvalue weighted by molar-refractivity contribution is 5.85. The van der Waals surface area contributed by atoms with E-state index in [1.165, 1.54) is 27.7 Å². The number of aliphatic hydroxyl groups is 6. The molecule has 0 bridgehead atoms. The van der Waals surface area contributed by atoms with Crippen molar-refractivity contribution in [1.82, 2.24) is 0 Å². The average molecular weight is 312 g/mol. The Hall–Kier alpha value is -1.03. The van der Waals surface area contributed by atoms with Crippen molar-refractivity contribution in [2.75, 3.05) is 13.2 Å². The summed E-state index contributed by atoms with van der Waals surface area (Å²) in [4.78, 5) is 10.2. The normalized spacial score (nSPS) is 16.4. The maximum Gasteiger partial charge on any atom is 0.331 e. The number of carboxylic acid groups (broad SMARTS) is 1. The van der Waals surface area contributed by atoms with Crippen LogP contribution < -0.4 is 0 Å². The summed E-state index contributed by atoms with van der Waals surface area (Å²) in [7, 11) is 0. The van der Waals surface area contributed by atoms with Crippen LogP contribution in [0.4, 0.5) is 0 Å². The minimum Gasteiger partial charge on any atom is -0.478 e. The third kappa shape index (κ3) is 24.4. The smallest absolute Gasteiger partial charge is 0.331 e. The van der Waals surface area contributed by atoms with Crippen LogP contribution in [-0.2, 0) is 4.79 Å². The number of hydrogen-bond acceptors (Lipinski definition) is 7. The molecule has 0 saturated heterocycles. The summed E-state index contributed by atoms with van der Waals surface area (Å²) in [6.45, 7) is 5.52. The minimum atomic E-state index is -1.11. The maximum absolute atomic E-state index is 10.2. The second kappa shape index (κ2) is 15.4. The fourth-order valence-corrected chi connectivity index (χ4v) is 0.467. The first kappa shape index (κ1) is 25.0. The Morgan fingerprint density at radius 2 is 1.24 bits per heavy atom. The Balaban J connectivity index is -0.000000270. The van der Waals surface area contributed by atoms with Crippen LogP contribution in [0.2, 0.25) is 0 Å². The summed E-state index contributed by atoms with van der Waals surface area (Å²) in [5.74, 6) is -1.09. The van der Waals surface area contributed by atoms with Crippen molar-refractivity contribution < 1.29 is 40.5 Å². The van der Waals surface area contributed by atoms with Crippen molar-refractivity contribution >= 4 is 5.97 Å². The lowest BCUT2D eigenvalue weighted by Crippen LogP contribution is -2.20. The van der Waals surface area contributed by atoms with E-state index < -0.39 is 30.4 Å². The number of rotatable bonds is 5. The minimum absolute atomic E-state index is 0.0263. The van der Waals surface area contributed by atoms with Crippen molar-refractivity contribution in [3.8, 4) is 0 Å². The Morgan fingerprint density at radius 3 is 1.38 bits per heavy atom. The Bertz CT molecular complexity index is 265. The van der Waals surface area contributed by atoms with Gasteiger partial charge in [0, 0.05) is 5.57 Å². The summed E-state index contributed by atoms with van der Waals surface area (Å²) in [6, 6.07) is 0. The summed E-state index contributed by atoms with van der Waals surface area (Å²) < 4.78 is 0. The summed E-state index contributed by atoms with van der Waals surface area (Å²) in [5, 5.41) is 58.1. The zero-order valence-electron chi connectivity index (χ0n) is 12.8. The first-order valence-electron chi connectivity index (χ1n) is 6.35. The van der Waals surface area contributed by atoms with Gasteiger partial charge in [-0.1, -0.05) is 0 Å². The van der Waals surface area contributed by atoms with Crippen LogP contribution in [0.5, 0.6) is 0 Å². The molecule has 4 unspecified atom stereocenters. The molecule has 0 aliphatic rings. The Kier molecular flexibility index (Phi) is 18.3. The second-order valence-corrected chi connectivity index (χ2v) is 4.45. The molecular formula is C13H28O8. The van der Waals surface area contributed by atoms with Gasteiger partial charge in [-0.2, -0.15) is 0 Å². The van der Waals surface area contributed by atoms with E-state index in [9.17, 15) is 4.79 Å². The van der Waals surface area contributed by atoms with Gasteiger partial charge in [-0.25, -0.2) is 4.79 Å². The molecule has 0 rings (SSSR count). The molecule has 0 aromatic rings. The van der Waals surface area contributed by atoms with E-state index in [1.807, 2.05) is 0 Å². The third-order valence-corrected chi connectivity index (χ3v) is 1.78. The van der Waals surface area contributed by atoms with E-state index in [2.05, 4.69) is 0 Å². The highest BCUT2D eigenvalue weighted by Gasteiger charge is 2.09. The Labute approximate surface area is 124 Å². The van der Waals surface area contributed by atoms with Crippen LogP contribution >= 0.6 is 0 Å². The average Bonchev–Trinajstić information content (AvgIpc) is 2.39. The molecule has 0 aromatic carbocycles. The van der Waals surface area contributed by atoms with Crippen molar-refractivity contribution in [3.63, 3.8) is 0 Å². The van der Waals surface area contributed by atoms with Crippen molar-refractivity contribution in [3.05, 3.63) is 11.6 Å². The van der Waals surface area contributed by atoms with Gasteiger partial charge in [-0.15, -0.1) is 0 Å². The van der Waals surface area contributed by atoms with E-state index in [0.29, 0.717) is 0 Å². The number of carbonyl (C=O) groups is 1. The van der Waals surface area contributed by atoms with Crippen LogP contribution in [-0.4, -0.2) is 79.3 Å². The van der Waals surface area contributed by atoms with E-state index in [-0.39, 0.29) is 18.8 Å². The summed E-state index contributed by atoms with van der Waals surface area (Å²) >= 11 is 0. The first-order chi connectivity index (χ1) is 9.49. The zero-order valence-corrected chi connectivity index (χ0v) is 12.8.